The maximum atomic E-state index is 8.73. The van der Waals surface area contributed by atoms with E-state index in [4.69, 9.17) is 9.84 Å². The summed E-state index contributed by atoms with van der Waals surface area (Å²) in [5, 5.41) is 14.2. The van der Waals surface area contributed by atoms with Crippen LogP contribution in [0.2, 0.25) is 0 Å². The van der Waals surface area contributed by atoms with Gasteiger partial charge in [0.2, 0.25) is 0 Å². The Balaban J connectivity index is 2.10. The fourth-order valence-corrected chi connectivity index (χ4v) is 2.12. The molecule has 0 atom stereocenters. The molecule has 0 aliphatic heterocycles. The molecular weight excluding hydrogens is 240 g/mol. The molecule has 0 radical (unpaired) electrons. The molecule has 1 aromatic heterocycles. The van der Waals surface area contributed by atoms with Gasteiger partial charge in [0.15, 0.2) is 0 Å². The molecule has 0 unspecified atom stereocenters. The molecule has 0 bridgehead atoms. The minimum atomic E-state index is 0.268. The van der Waals surface area contributed by atoms with Crippen LogP contribution in [0.3, 0.4) is 0 Å². The lowest BCUT2D eigenvalue weighted by molar-refractivity contribution is 0.283. The van der Waals surface area contributed by atoms with Gasteiger partial charge in [0, 0.05) is 30.1 Å². The molecule has 0 saturated carbocycles. The Morgan fingerprint density at radius 1 is 1.16 bits per heavy atom. The Kier molecular flexibility index (Phi) is 4.98. The summed E-state index contributed by atoms with van der Waals surface area (Å²) >= 11 is 0. The SMILES string of the molecule is COc1cccc2c(NCCCCCO)nccc12. The van der Waals surface area contributed by atoms with Crippen molar-refractivity contribution in [1.82, 2.24) is 4.98 Å². The molecule has 2 aromatic rings. The van der Waals surface area contributed by atoms with E-state index in [1.54, 1.807) is 13.3 Å². The highest BCUT2D eigenvalue weighted by Crippen LogP contribution is 2.28. The average molecular weight is 260 g/mol. The first-order valence-electron chi connectivity index (χ1n) is 6.63. The molecule has 0 aliphatic carbocycles. The third kappa shape index (κ3) is 3.35. The molecule has 102 valence electrons. The van der Waals surface area contributed by atoms with Crippen molar-refractivity contribution in [1.29, 1.82) is 0 Å². The second-order valence-electron chi connectivity index (χ2n) is 4.43. The fraction of sp³-hybridized carbons (Fsp3) is 0.400. The summed E-state index contributed by atoms with van der Waals surface area (Å²) < 4.78 is 5.36. The van der Waals surface area contributed by atoms with Crippen LogP contribution in [-0.2, 0) is 0 Å². The number of benzene rings is 1. The number of pyridine rings is 1. The van der Waals surface area contributed by atoms with E-state index in [0.29, 0.717) is 0 Å². The average Bonchev–Trinajstić information content (AvgIpc) is 2.46. The third-order valence-electron chi connectivity index (χ3n) is 3.11. The standard InChI is InChI=1S/C15H20N2O2/c1-19-14-7-5-6-13-12(14)8-10-17-15(13)16-9-3-2-4-11-18/h5-8,10,18H,2-4,9,11H2,1H3,(H,16,17). The van der Waals surface area contributed by atoms with Gasteiger partial charge in [-0.05, 0) is 31.4 Å². The number of hydrogen-bond donors (Lipinski definition) is 2. The van der Waals surface area contributed by atoms with Crippen LogP contribution in [0.5, 0.6) is 5.75 Å². The van der Waals surface area contributed by atoms with Crippen LogP contribution in [0.4, 0.5) is 5.82 Å². The summed E-state index contributed by atoms with van der Waals surface area (Å²) in [6.45, 7) is 1.13. The van der Waals surface area contributed by atoms with Crippen LogP contribution in [0, 0.1) is 0 Å². The van der Waals surface area contributed by atoms with Crippen LogP contribution in [-0.4, -0.2) is 30.4 Å². The van der Waals surface area contributed by atoms with E-state index in [1.807, 2.05) is 24.3 Å². The Morgan fingerprint density at radius 2 is 2.05 bits per heavy atom. The number of methoxy groups -OCH3 is 1. The van der Waals surface area contributed by atoms with Gasteiger partial charge in [-0.15, -0.1) is 0 Å². The first-order chi connectivity index (χ1) is 9.36. The van der Waals surface area contributed by atoms with Crippen molar-refractivity contribution in [2.45, 2.75) is 19.3 Å². The number of unbranched alkanes of at least 4 members (excludes halogenated alkanes) is 2. The molecule has 1 heterocycles. The highest BCUT2D eigenvalue weighted by Gasteiger charge is 2.05. The molecule has 0 saturated heterocycles. The number of nitrogens with zero attached hydrogens (tertiary/aromatic N) is 1. The Bertz CT molecular complexity index is 529. The number of nitrogens with one attached hydrogen (secondary N) is 1. The van der Waals surface area contributed by atoms with E-state index in [1.165, 1.54) is 0 Å². The van der Waals surface area contributed by atoms with Crippen molar-refractivity contribution in [3.8, 4) is 5.75 Å². The molecule has 2 N–H and O–H groups in total. The predicted octanol–water partition coefficient (Wildman–Crippen LogP) is 2.82. The summed E-state index contributed by atoms with van der Waals surface area (Å²) in [6.07, 6.45) is 4.71. The quantitative estimate of drug-likeness (QED) is 0.752. The van der Waals surface area contributed by atoms with Crippen molar-refractivity contribution < 1.29 is 9.84 Å². The van der Waals surface area contributed by atoms with Gasteiger partial charge in [-0.3, -0.25) is 0 Å². The maximum absolute atomic E-state index is 8.73. The fourth-order valence-electron chi connectivity index (χ4n) is 2.12. The van der Waals surface area contributed by atoms with Crippen molar-refractivity contribution in [3.63, 3.8) is 0 Å². The van der Waals surface area contributed by atoms with E-state index >= 15 is 0 Å². The zero-order valence-corrected chi connectivity index (χ0v) is 11.2. The van der Waals surface area contributed by atoms with Crippen LogP contribution in [0.25, 0.3) is 10.8 Å². The summed E-state index contributed by atoms with van der Waals surface area (Å²) in [5.74, 6) is 1.75. The summed E-state index contributed by atoms with van der Waals surface area (Å²) in [7, 11) is 1.68. The number of ether oxygens (including phenoxy) is 1. The van der Waals surface area contributed by atoms with Gasteiger partial charge in [-0.25, -0.2) is 4.98 Å². The van der Waals surface area contributed by atoms with Crippen LogP contribution in [0.15, 0.2) is 30.5 Å². The van der Waals surface area contributed by atoms with Gasteiger partial charge in [0.05, 0.1) is 7.11 Å². The molecule has 2 rings (SSSR count). The molecular formula is C15H20N2O2. The highest BCUT2D eigenvalue weighted by molar-refractivity contribution is 5.95. The molecule has 0 fully saturated rings. The normalized spacial score (nSPS) is 10.6. The van der Waals surface area contributed by atoms with Crippen molar-refractivity contribution in [3.05, 3.63) is 30.5 Å². The van der Waals surface area contributed by atoms with E-state index in [2.05, 4.69) is 10.3 Å². The third-order valence-corrected chi connectivity index (χ3v) is 3.11. The summed E-state index contributed by atoms with van der Waals surface area (Å²) in [5.41, 5.74) is 0. The number of fused-ring (bicyclic) bond motifs is 1. The molecule has 4 nitrogen and oxygen atoms in total. The summed E-state index contributed by atoms with van der Waals surface area (Å²) in [4.78, 5) is 4.38. The minimum absolute atomic E-state index is 0.268. The van der Waals surface area contributed by atoms with Gasteiger partial charge in [-0.2, -0.15) is 0 Å². The zero-order valence-electron chi connectivity index (χ0n) is 11.2. The van der Waals surface area contributed by atoms with Gasteiger partial charge in [0.25, 0.3) is 0 Å². The van der Waals surface area contributed by atoms with Crippen LogP contribution < -0.4 is 10.1 Å². The van der Waals surface area contributed by atoms with Gasteiger partial charge in [0.1, 0.15) is 11.6 Å². The van der Waals surface area contributed by atoms with Gasteiger partial charge < -0.3 is 15.2 Å². The second-order valence-corrected chi connectivity index (χ2v) is 4.43. The number of aliphatic hydroxyl groups excluding tert-OH is 1. The van der Waals surface area contributed by atoms with Crippen LogP contribution >= 0.6 is 0 Å². The van der Waals surface area contributed by atoms with E-state index in [9.17, 15) is 0 Å². The van der Waals surface area contributed by atoms with Crippen molar-refractivity contribution >= 4 is 16.6 Å². The monoisotopic (exact) mass is 260 g/mol. The molecule has 0 amide bonds. The first-order valence-corrected chi connectivity index (χ1v) is 6.63. The topological polar surface area (TPSA) is 54.4 Å². The smallest absolute Gasteiger partial charge is 0.133 e. The predicted molar refractivity (Wildman–Crippen MR) is 77.7 cm³/mol. The zero-order chi connectivity index (χ0) is 13.5. The van der Waals surface area contributed by atoms with E-state index in [0.717, 1.165) is 48.1 Å². The number of anilines is 1. The first kappa shape index (κ1) is 13.6. The minimum Gasteiger partial charge on any atom is -0.496 e. The highest BCUT2D eigenvalue weighted by atomic mass is 16.5. The van der Waals surface area contributed by atoms with Crippen LogP contribution in [0.1, 0.15) is 19.3 Å². The summed E-state index contributed by atoms with van der Waals surface area (Å²) in [6, 6.07) is 7.93. The number of rotatable bonds is 7. The molecule has 0 spiro atoms. The lowest BCUT2D eigenvalue weighted by Gasteiger charge is -2.10. The largest absolute Gasteiger partial charge is 0.496 e. The Hall–Kier alpha value is -1.81. The number of hydrogen-bond acceptors (Lipinski definition) is 4. The Morgan fingerprint density at radius 3 is 2.84 bits per heavy atom. The van der Waals surface area contributed by atoms with E-state index in [-0.39, 0.29) is 6.61 Å². The lowest BCUT2D eigenvalue weighted by Crippen LogP contribution is -2.04. The molecule has 1 aromatic carbocycles. The van der Waals surface area contributed by atoms with Crippen molar-refractivity contribution in [2.75, 3.05) is 25.6 Å². The lowest BCUT2D eigenvalue weighted by atomic mass is 10.1. The molecule has 0 aliphatic rings. The molecule has 19 heavy (non-hydrogen) atoms. The van der Waals surface area contributed by atoms with Gasteiger partial charge in [-0.1, -0.05) is 12.1 Å². The number of aliphatic hydroxyl groups is 1. The number of aromatic nitrogens is 1. The molecule has 4 heteroatoms. The Labute approximate surface area is 113 Å². The van der Waals surface area contributed by atoms with E-state index < -0.39 is 0 Å². The van der Waals surface area contributed by atoms with Crippen molar-refractivity contribution in [2.24, 2.45) is 0 Å². The van der Waals surface area contributed by atoms with Gasteiger partial charge >= 0.3 is 0 Å². The second kappa shape index (κ2) is 6.95. The maximum Gasteiger partial charge on any atom is 0.133 e.